The van der Waals surface area contributed by atoms with E-state index in [1.807, 2.05) is 24.3 Å². The first-order valence-electron chi connectivity index (χ1n) is 5.35. The zero-order valence-electron chi connectivity index (χ0n) is 9.47. The van der Waals surface area contributed by atoms with Crippen molar-refractivity contribution in [3.8, 4) is 11.1 Å². The first-order valence-corrected chi connectivity index (χ1v) is 5.73. The lowest BCUT2D eigenvalue weighted by atomic mass is 10.0. The van der Waals surface area contributed by atoms with Crippen LogP contribution in [0.5, 0.6) is 0 Å². The Balaban J connectivity index is 2.50. The van der Waals surface area contributed by atoms with Gasteiger partial charge in [-0.15, -0.1) is 0 Å². The Morgan fingerprint density at radius 3 is 2.56 bits per heavy atom. The third-order valence-electron chi connectivity index (χ3n) is 2.64. The summed E-state index contributed by atoms with van der Waals surface area (Å²) in [6, 6.07) is 12.3. The Morgan fingerprint density at radius 2 is 1.89 bits per heavy atom. The second-order valence-electron chi connectivity index (χ2n) is 3.83. The molecule has 0 aromatic heterocycles. The molecule has 0 saturated heterocycles. The van der Waals surface area contributed by atoms with E-state index in [9.17, 15) is 10.1 Å². The smallest absolute Gasteiger partial charge is 0.288 e. The van der Waals surface area contributed by atoms with E-state index in [0.29, 0.717) is 6.54 Å². The Bertz CT molecular complexity index is 599. The fourth-order valence-corrected chi connectivity index (χ4v) is 1.90. The van der Waals surface area contributed by atoms with Gasteiger partial charge >= 0.3 is 0 Å². The van der Waals surface area contributed by atoms with Crippen molar-refractivity contribution in [3.05, 3.63) is 63.2 Å². The molecular formula is C13H11ClN2O2. The quantitative estimate of drug-likeness (QED) is 0.681. The van der Waals surface area contributed by atoms with E-state index in [0.717, 1.165) is 16.7 Å². The van der Waals surface area contributed by atoms with Gasteiger partial charge in [-0.1, -0.05) is 35.9 Å². The molecule has 0 unspecified atom stereocenters. The molecule has 0 saturated carbocycles. The molecule has 0 radical (unpaired) electrons. The molecule has 92 valence electrons. The molecule has 0 aliphatic carbocycles. The second kappa shape index (κ2) is 5.16. The number of nitro benzene ring substituents is 1. The molecule has 18 heavy (non-hydrogen) atoms. The Labute approximate surface area is 109 Å². The summed E-state index contributed by atoms with van der Waals surface area (Å²) in [6.45, 7) is 0.434. The van der Waals surface area contributed by atoms with Crippen molar-refractivity contribution in [2.24, 2.45) is 5.73 Å². The summed E-state index contributed by atoms with van der Waals surface area (Å²) in [5.41, 5.74) is 8.09. The maximum Gasteiger partial charge on any atom is 0.288 e. The van der Waals surface area contributed by atoms with Gasteiger partial charge in [0.1, 0.15) is 5.02 Å². The number of nitro groups is 1. The van der Waals surface area contributed by atoms with E-state index in [1.165, 1.54) is 12.1 Å². The van der Waals surface area contributed by atoms with Crippen LogP contribution in [0.4, 0.5) is 5.69 Å². The molecule has 0 spiro atoms. The van der Waals surface area contributed by atoms with Gasteiger partial charge in [-0.05, 0) is 28.8 Å². The van der Waals surface area contributed by atoms with Crippen LogP contribution in [0.3, 0.4) is 0 Å². The first-order chi connectivity index (χ1) is 8.61. The van der Waals surface area contributed by atoms with E-state index >= 15 is 0 Å². The predicted molar refractivity (Wildman–Crippen MR) is 71.4 cm³/mol. The van der Waals surface area contributed by atoms with Gasteiger partial charge < -0.3 is 5.73 Å². The summed E-state index contributed by atoms with van der Waals surface area (Å²) >= 11 is 5.78. The van der Waals surface area contributed by atoms with Crippen LogP contribution in [0.1, 0.15) is 5.56 Å². The average Bonchev–Trinajstić information content (AvgIpc) is 2.39. The zero-order chi connectivity index (χ0) is 13.1. The van der Waals surface area contributed by atoms with Gasteiger partial charge in [0.25, 0.3) is 5.69 Å². The molecule has 0 bridgehead atoms. The number of nitrogens with two attached hydrogens (primary N) is 1. The monoisotopic (exact) mass is 262 g/mol. The lowest BCUT2D eigenvalue weighted by molar-refractivity contribution is -0.384. The van der Waals surface area contributed by atoms with E-state index in [2.05, 4.69) is 0 Å². The molecule has 0 heterocycles. The highest BCUT2D eigenvalue weighted by molar-refractivity contribution is 6.32. The van der Waals surface area contributed by atoms with Gasteiger partial charge in [0, 0.05) is 12.6 Å². The topological polar surface area (TPSA) is 69.2 Å². The minimum atomic E-state index is -0.487. The van der Waals surface area contributed by atoms with Gasteiger partial charge in [-0.2, -0.15) is 0 Å². The highest BCUT2D eigenvalue weighted by atomic mass is 35.5. The number of halogens is 1. The molecule has 2 aromatic rings. The second-order valence-corrected chi connectivity index (χ2v) is 4.24. The van der Waals surface area contributed by atoms with Crippen LogP contribution in [-0.2, 0) is 6.54 Å². The summed E-state index contributed by atoms with van der Waals surface area (Å²) in [4.78, 5) is 10.3. The standard InChI is InChI=1S/C13H11ClN2O2/c14-12-5-4-11(7-13(12)16(17)18)10-3-1-2-9(6-10)8-15/h1-7H,8,15H2. The van der Waals surface area contributed by atoms with Crippen molar-refractivity contribution in [1.29, 1.82) is 0 Å². The van der Waals surface area contributed by atoms with Crippen molar-refractivity contribution in [2.75, 3.05) is 0 Å². The van der Waals surface area contributed by atoms with Crippen LogP contribution in [0.15, 0.2) is 42.5 Å². The van der Waals surface area contributed by atoms with Crippen LogP contribution in [0, 0.1) is 10.1 Å². The van der Waals surface area contributed by atoms with Crippen molar-refractivity contribution in [3.63, 3.8) is 0 Å². The van der Waals surface area contributed by atoms with Crippen LogP contribution < -0.4 is 5.73 Å². The third-order valence-corrected chi connectivity index (χ3v) is 2.96. The predicted octanol–water partition coefficient (Wildman–Crippen LogP) is 3.37. The van der Waals surface area contributed by atoms with Crippen LogP contribution >= 0.6 is 11.6 Å². The summed E-state index contributed by atoms with van der Waals surface area (Å²) < 4.78 is 0. The Morgan fingerprint density at radius 1 is 1.17 bits per heavy atom. The molecule has 0 atom stereocenters. The number of nitrogens with zero attached hydrogens (tertiary/aromatic N) is 1. The molecule has 2 aromatic carbocycles. The highest BCUT2D eigenvalue weighted by Crippen LogP contribution is 2.30. The van der Waals surface area contributed by atoms with Gasteiger partial charge in [-0.3, -0.25) is 10.1 Å². The minimum absolute atomic E-state index is 0.0904. The average molecular weight is 263 g/mol. The molecule has 5 heteroatoms. The molecule has 0 fully saturated rings. The van der Waals surface area contributed by atoms with E-state index < -0.39 is 4.92 Å². The summed E-state index contributed by atoms with van der Waals surface area (Å²) in [5.74, 6) is 0. The zero-order valence-corrected chi connectivity index (χ0v) is 10.2. The number of benzene rings is 2. The third kappa shape index (κ3) is 2.50. The lowest BCUT2D eigenvalue weighted by Gasteiger charge is -2.04. The summed E-state index contributed by atoms with van der Waals surface area (Å²) in [7, 11) is 0. The fraction of sp³-hybridized carbons (Fsp3) is 0.0769. The molecule has 2 rings (SSSR count). The van der Waals surface area contributed by atoms with Gasteiger partial charge in [0.2, 0.25) is 0 Å². The lowest BCUT2D eigenvalue weighted by Crippen LogP contribution is -1.96. The molecule has 0 aliphatic rings. The van der Waals surface area contributed by atoms with Crippen molar-refractivity contribution in [2.45, 2.75) is 6.54 Å². The number of rotatable bonds is 3. The van der Waals surface area contributed by atoms with Gasteiger partial charge in [0.05, 0.1) is 4.92 Å². The maximum absolute atomic E-state index is 10.8. The summed E-state index contributed by atoms with van der Waals surface area (Å²) in [6.07, 6.45) is 0. The number of hydrogen-bond acceptors (Lipinski definition) is 3. The van der Waals surface area contributed by atoms with Gasteiger partial charge in [0.15, 0.2) is 0 Å². The van der Waals surface area contributed by atoms with Gasteiger partial charge in [-0.25, -0.2) is 0 Å². The largest absolute Gasteiger partial charge is 0.326 e. The van der Waals surface area contributed by atoms with Crippen molar-refractivity contribution < 1.29 is 4.92 Å². The molecule has 0 amide bonds. The Kier molecular flexibility index (Phi) is 3.60. The van der Waals surface area contributed by atoms with E-state index in [1.54, 1.807) is 6.07 Å². The first kappa shape index (κ1) is 12.5. The van der Waals surface area contributed by atoms with Crippen LogP contribution in [-0.4, -0.2) is 4.92 Å². The van der Waals surface area contributed by atoms with E-state index in [4.69, 9.17) is 17.3 Å². The maximum atomic E-state index is 10.8. The minimum Gasteiger partial charge on any atom is -0.326 e. The van der Waals surface area contributed by atoms with Crippen LogP contribution in [0.25, 0.3) is 11.1 Å². The molecule has 0 aliphatic heterocycles. The molecule has 2 N–H and O–H groups in total. The van der Waals surface area contributed by atoms with Crippen LogP contribution in [0.2, 0.25) is 5.02 Å². The molecule has 4 nitrogen and oxygen atoms in total. The normalized spacial score (nSPS) is 10.3. The summed E-state index contributed by atoms with van der Waals surface area (Å²) in [5, 5.41) is 11.0. The Hall–Kier alpha value is -1.91. The van der Waals surface area contributed by atoms with Crippen molar-refractivity contribution in [1.82, 2.24) is 0 Å². The highest BCUT2D eigenvalue weighted by Gasteiger charge is 2.13. The number of hydrogen-bond donors (Lipinski definition) is 1. The fourth-order valence-electron chi connectivity index (χ4n) is 1.71. The molecular weight excluding hydrogens is 252 g/mol. The van der Waals surface area contributed by atoms with Crippen molar-refractivity contribution >= 4 is 17.3 Å². The SMILES string of the molecule is NCc1cccc(-c2ccc(Cl)c([N+](=O)[O-])c2)c1. The van der Waals surface area contributed by atoms with E-state index in [-0.39, 0.29) is 10.7 Å².